The lowest BCUT2D eigenvalue weighted by Gasteiger charge is -2.28. The minimum absolute atomic E-state index is 0.459. The van der Waals surface area contributed by atoms with Gasteiger partial charge in [-0.1, -0.05) is 78.6 Å². The molecular weight excluding hydrogens is 376 g/mol. The number of unbranched alkanes of at least 4 members (excludes halogenated alkanes) is 4. The van der Waals surface area contributed by atoms with Gasteiger partial charge in [0.25, 0.3) is 0 Å². The molecule has 1 unspecified atom stereocenters. The summed E-state index contributed by atoms with van der Waals surface area (Å²) in [6.45, 7) is 11.9. The van der Waals surface area contributed by atoms with E-state index in [1.807, 2.05) is 0 Å². The molecule has 0 amide bonds. The first-order chi connectivity index (χ1) is 14.9. The number of fused-ring (bicyclic) bond motifs is 4. The molecule has 2 atom stereocenters. The third-order valence-electron chi connectivity index (χ3n) is 8.87. The van der Waals surface area contributed by atoms with Crippen LogP contribution in [0.15, 0.2) is 0 Å². The summed E-state index contributed by atoms with van der Waals surface area (Å²) >= 11 is 0. The molecule has 1 aliphatic heterocycles. The Bertz CT molecular complexity index is 754. The molecule has 4 rings (SSSR count). The van der Waals surface area contributed by atoms with Crippen molar-refractivity contribution in [3.63, 3.8) is 0 Å². The fraction of sp³-hybridized carbons (Fsp3) is 0.800. The van der Waals surface area contributed by atoms with Gasteiger partial charge in [0.2, 0.25) is 0 Å². The van der Waals surface area contributed by atoms with Crippen LogP contribution in [-0.2, 0) is 11.8 Å². The van der Waals surface area contributed by atoms with Crippen molar-refractivity contribution in [1.29, 1.82) is 0 Å². The fourth-order valence-corrected chi connectivity index (χ4v) is 6.75. The Balaban J connectivity index is 1.13. The van der Waals surface area contributed by atoms with Crippen LogP contribution in [0.2, 0.25) is 0 Å². The largest absolute Gasteiger partial charge is 0.490 e. The molecule has 0 N–H and O–H groups in total. The fourth-order valence-electron chi connectivity index (χ4n) is 6.75. The standard InChI is InChI=1S/C30H48O/c1-21(2)13-11-15-22(3)14-9-7-6-8-10-16-25-17-18-26-23(4)27-28(24(5)29(26)31-25)30(27)19-12-20-30/h21-22,25H,6-20H2,1-5H3/t22?,25-/m1/s1. The molecule has 0 radical (unpaired) electrons. The third kappa shape index (κ3) is 4.86. The molecule has 0 bridgehead atoms. The van der Waals surface area contributed by atoms with Gasteiger partial charge in [0, 0.05) is 5.41 Å². The van der Waals surface area contributed by atoms with Gasteiger partial charge in [-0.05, 0) is 92.0 Å². The molecule has 31 heavy (non-hydrogen) atoms. The predicted molar refractivity (Wildman–Crippen MR) is 133 cm³/mol. The molecule has 1 fully saturated rings. The summed E-state index contributed by atoms with van der Waals surface area (Å²) in [4.78, 5) is 0. The van der Waals surface area contributed by atoms with Crippen LogP contribution in [0.1, 0.15) is 138 Å². The van der Waals surface area contributed by atoms with E-state index >= 15 is 0 Å². The molecule has 1 nitrogen and oxygen atoms in total. The van der Waals surface area contributed by atoms with Crippen LogP contribution in [0.3, 0.4) is 0 Å². The van der Waals surface area contributed by atoms with Gasteiger partial charge in [0.15, 0.2) is 0 Å². The van der Waals surface area contributed by atoms with E-state index in [-0.39, 0.29) is 0 Å². The predicted octanol–water partition coefficient (Wildman–Crippen LogP) is 8.97. The van der Waals surface area contributed by atoms with Gasteiger partial charge in [0.05, 0.1) is 6.10 Å². The zero-order valence-corrected chi connectivity index (χ0v) is 21.2. The molecule has 1 saturated carbocycles. The Kier molecular flexibility index (Phi) is 7.39. The zero-order valence-electron chi connectivity index (χ0n) is 21.2. The highest BCUT2D eigenvalue weighted by molar-refractivity contribution is 5.73. The highest BCUT2D eigenvalue weighted by Gasteiger charge is 2.57. The maximum absolute atomic E-state index is 6.63. The second-order valence-corrected chi connectivity index (χ2v) is 11.8. The molecule has 1 heterocycles. The van der Waals surface area contributed by atoms with E-state index in [1.54, 1.807) is 22.3 Å². The SMILES string of the molecule is Cc1c2c(c(C)c3c1C31CCC1)O[C@H](CCCCCCCC(C)CCCC(C)C)CC2. The van der Waals surface area contributed by atoms with E-state index in [4.69, 9.17) is 4.74 Å². The lowest BCUT2D eigenvalue weighted by molar-refractivity contribution is 0.158. The summed E-state index contributed by atoms with van der Waals surface area (Å²) < 4.78 is 6.63. The van der Waals surface area contributed by atoms with Gasteiger partial charge in [-0.3, -0.25) is 0 Å². The van der Waals surface area contributed by atoms with Crippen LogP contribution in [0.4, 0.5) is 0 Å². The molecule has 174 valence electrons. The second kappa shape index (κ2) is 9.88. The number of rotatable bonds is 12. The highest BCUT2D eigenvalue weighted by atomic mass is 16.5. The van der Waals surface area contributed by atoms with Crippen molar-refractivity contribution in [2.45, 2.75) is 142 Å². The molecule has 3 aliphatic rings. The number of hydrogen-bond donors (Lipinski definition) is 0. The molecule has 1 aromatic rings. The maximum atomic E-state index is 6.63. The lowest BCUT2D eigenvalue weighted by Crippen LogP contribution is -2.23. The number of benzene rings is 1. The molecule has 0 aromatic heterocycles. The van der Waals surface area contributed by atoms with E-state index < -0.39 is 0 Å². The summed E-state index contributed by atoms with van der Waals surface area (Å²) in [6, 6.07) is 0. The Morgan fingerprint density at radius 2 is 1.52 bits per heavy atom. The number of hydrogen-bond acceptors (Lipinski definition) is 1. The van der Waals surface area contributed by atoms with Crippen LogP contribution in [0.5, 0.6) is 5.75 Å². The summed E-state index contributed by atoms with van der Waals surface area (Å²) in [5, 5.41) is 0. The van der Waals surface area contributed by atoms with Crippen LogP contribution >= 0.6 is 0 Å². The van der Waals surface area contributed by atoms with Gasteiger partial charge >= 0.3 is 0 Å². The molecular formula is C30H48O. The van der Waals surface area contributed by atoms with Crippen molar-refractivity contribution < 1.29 is 4.74 Å². The summed E-state index contributed by atoms with van der Waals surface area (Å²) in [7, 11) is 0. The van der Waals surface area contributed by atoms with Crippen LogP contribution in [0, 0.1) is 25.7 Å². The van der Waals surface area contributed by atoms with Crippen molar-refractivity contribution in [2.24, 2.45) is 11.8 Å². The van der Waals surface area contributed by atoms with Gasteiger partial charge < -0.3 is 4.74 Å². The van der Waals surface area contributed by atoms with Crippen molar-refractivity contribution in [1.82, 2.24) is 0 Å². The topological polar surface area (TPSA) is 9.23 Å². The van der Waals surface area contributed by atoms with E-state index in [1.165, 1.54) is 108 Å². The minimum atomic E-state index is 0.459. The van der Waals surface area contributed by atoms with Crippen molar-refractivity contribution in [3.05, 3.63) is 27.8 Å². The monoisotopic (exact) mass is 424 g/mol. The summed E-state index contributed by atoms with van der Waals surface area (Å²) in [5.41, 5.74) is 8.57. The average molecular weight is 425 g/mol. The smallest absolute Gasteiger partial charge is 0.126 e. The van der Waals surface area contributed by atoms with E-state index in [0.717, 1.165) is 11.8 Å². The quantitative estimate of drug-likeness (QED) is 0.304. The van der Waals surface area contributed by atoms with Gasteiger partial charge in [-0.25, -0.2) is 0 Å². The molecule has 1 aromatic carbocycles. The maximum Gasteiger partial charge on any atom is 0.126 e. The first kappa shape index (κ1) is 23.2. The third-order valence-corrected chi connectivity index (χ3v) is 8.87. The second-order valence-electron chi connectivity index (χ2n) is 11.8. The summed E-state index contributed by atoms with van der Waals surface area (Å²) in [5.74, 6) is 3.09. The Labute approximate surface area is 192 Å². The van der Waals surface area contributed by atoms with Gasteiger partial charge in [0.1, 0.15) is 5.75 Å². The normalized spacial score (nSPS) is 21.4. The minimum Gasteiger partial charge on any atom is -0.490 e. The van der Waals surface area contributed by atoms with Crippen molar-refractivity contribution >= 4 is 0 Å². The van der Waals surface area contributed by atoms with Gasteiger partial charge in [-0.15, -0.1) is 0 Å². The highest BCUT2D eigenvalue weighted by Crippen LogP contribution is 2.67. The Morgan fingerprint density at radius 1 is 0.839 bits per heavy atom. The molecule has 2 aliphatic carbocycles. The zero-order chi connectivity index (χ0) is 22.0. The first-order valence-electron chi connectivity index (χ1n) is 13.8. The van der Waals surface area contributed by atoms with E-state index in [2.05, 4.69) is 34.6 Å². The average Bonchev–Trinajstić information content (AvgIpc) is 3.43. The van der Waals surface area contributed by atoms with Gasteiger partial charge in [-0.2, -0.15) is 0 Å². The van der Waals surface area contributed by atoms with E-state index in [0.29, 0.717) is 11.5 Å². The summed E-state index contributed by atoms with van der Waals surface area (Å²) in [6.07, 6.45) is 21.1. The van der Waals surface area contributed by atoms with Crippen LogP contribution in [-0.4, -0.2) is 6.10 Å². The first-order valence-corrected chi connectivity index (χ1v) is 13.8. The number of ether oxygens (including phenoxy) is 1. The van der Waals surface area contributed by atoms with Crippen LogP contribution < -0.4 is 4.74 Å². The van der Waals surface area contributed by atoms with Crippen molar-refractivity contribution in [3.8, 4) is 5.75 Å². The van der Waals surface area contributed by atoms with Crippen LogP contribution in [0.25, 0.3) is 0 Å². The lowest BCUT2D eigenvalue weighted by atomic mass is 9.77. The Hall–Kier alpha value is -0.980. The van der Waals surface area contributed by atoms with Crippen molar-refractivity contribution in [2.75, 3.05) is 0 Å². The molecule has 1 heteroatoms. The Morgan fingerprint density at radius 3 is 2.23 bits per heavy atom. The molecule has 1 spiro atoms. The van der Waals surface area contributed by atoms with E-state index in [9.17, 15) is 0 Å². The molecule has 0 saturated heterocycles.